The number of rotatable bonds is 6. The molecule has 2 heterocycles. The second kappa shape index (κ2) is 7.89. The van der Waals surface area contributed by atoms with E-state index in [0.717, 1.165) is 12.8 Å². The molecule has 0 saturated carbocycles. The predicted molar refractivity (Wildman–Crippen MR) is 94.0 cm³/mol. The SMILES string of the molecule is [B]Nc1ccc(F)cc1Nc1ncc(N=O)c(NC2CCOCC2)n1. The van der Waals surface area contributed by atoms with Crippen LogP contribution < -0.4 is 15.9 Å². The minimum atomic E-state index is -0.437. The average molecular weight is 342 g/mol. The van der Waals surface area contributed by atoms with Crippen LogP contribution in [0.15, 0.2) is 29.6 Å². The van der Waals surface area contributed by atoms with E-state index >= 15 is 0 Å². The zero-order valence-electron chi connectivity index (χ0n) is 13.3. The molecule has 3 N–H and O–H groups in total. The van der Waals surface area contributed by atoms with E-state index in [1.165, 1.54) is 24.4 Å². The molecule has 1 aliphatic rings. The van der Waals surface area contributed by atoms with E-state index < -0.39 is 5.82 Å². The Kier molecular flexibility index (Phi) is 5.39. The minimum absolute atomic E-state index is 0.105. The standard InChI is InChI=1S/C15H16BFN6O2/c16-22-11-2-1-9(17)7-12(11)20-15-18-8-13(23-24)14(21-15)19-10-3-5-25-6-4-10/h1-2,7-8,10,22H,3-6H2,(H2,18,19,20,21). The van der Waals surface area contributed by atoms with Crippen molar-refractivity contribution in [1.29, 1.82) is 0 Å². The maximum atomic E-state index is 13.5. The summed E-state index contributed by atoms with van der Waals surface area (Å²) < 4.78 is 18.8. The van der Waals surface area contributed by atoms with Gasteiger partial charge in [0.2, 0.25) is 13.9 Å². The molecule has 0 atom stereocenters. The number of anilines is 4. The van der Waals surface area contributed by atoms with Crippen LogP contribution in [0, 0.1) is 10.7 Å². The highest BCUT2D eigenvalue weighted by Gasteiger charge is 2.17. The lowest BCUT2D eigenvalue weighted by molar-refractivity contribution is 0.0904. The van der Waals surface area contributed by atoms with Gasteiger partial charge in [0.1, 0.15) is 5.82 Å². The van der Waals surface area contributed by atoms with Crippen molar-refractivity contribution in [2.24, 2.45) is 5.18 Å². The number of hydrogen-bond acceptors (Lipinski definition) is 8. The lowest BCUT2D eigenvalue weighted by atomic mass is 10.1. The maximum Gasteiger partial charge on any atom is 0.229 e. The Bertz CT molecular complexity index is 757. The third-order valence-corrected chi connectivity index (χ3v) is 3.81. The molecule has 0 unspecified atom stereocenters. The monoisotopic (exact) mass is 342 g/mol. The van der Waals surface area contributed by atoms with Crippen LogP contribution in [0.5, 0.6) is 0 Å². The normalized spacial score (nSPS) is 14.8. The molecular formula is C15H16BFN6O2. The Morgan fingerprint density at radius 1 is 1.28 bits per heavy atom. The van der Waals surface area contributed by atoms with Gasteiger partial charge in [0.15, 0.2) is 11.5 Å². The summed E-state index contributed by atoms with van der Waals surface area (Å²) in [5, 5.41) is 11.5. The number of benzene rings is 1. The van der Waals surface area contributed by atoms with Crippen LogP contribution in [-0.2, 0) is 4.74 Å². The Balaban J connectivity index is 1.83. The van der Waals surface area contributed by atoms with Crippen molar-refractivity contribution in [3.05, 3.63) is 35.1 Å². The third-order valence-electron chi connectivity index (χ3n) is 3.81. The first kappa shape index (κ1) is 17.1. The van der Waals surface area contributed by atoms with Gasteiger partial charge in [-0.3, -0.25) is 0 Å². The van der Waals surface area contributed by atoms with Crippen LogP contribution in [0.25, 0.3) is 0 Å². The number of hydrogen-bond donors (Lipinski definition) is 3. The zero-order valence-corrected chi connectivity index (χ0v) is 13.3. The summed E-state index contributed by atoms with van der Waals surface area (Å²) in [5.74, 6) is 0.0651. The highest BCUT2D eigenvalue weighted by Crippen LogP contribution is 2.28. The Morgan fingerprint density at radius 2 is 2.08 bits per heavy atom. The topological polar surface area (TPSA) is 101 Å². The van der Waals surface area contributed by atoms with Gasteiger partial charge in [-0.15, -0.1) is 4.91 Å². The van der Waals surface area contributed by atoms with Crippen LogP contribution in [-0.4, -0.2) is 37.2 Å². The summed E-state index contributed by atoms with van der Waals surface area (Å²) in [6.07, 6.45) is 2.91. The molecule has 1 fully saturated rings. The number of nitroso groups, excluding NO2 is 1. The van der Waals surface area contributed by atoms with Crippen LogP contribution in [0.4, 0.5) is 33.2 Å². The van der Waals surface area contributed by atoms with Crippen molar-refractivity contribution in [1.82, 2.24) is 9.97 Å². The zero-order chi connectivity index (χ0) is 17.6. The maximum absolute atomic E-state index is 13.5. The number of halogens is 1. The van der Waals surface area contributed by atoms with E-state index in [1.54, 1.807) is 0 Å². The Hall–Kier alpha value is -2.75. The summed E-state index contributed by atoms with van der Waals surface area (Å²) in [4.78, 5) is 19.3. The van der Waals surface area contributed by atoms with Crippen LogP contribution in [0.1, 0.15) is 12.8 Å². The molecule has 1 aromatic heterocycles. The summed E-state index contributed by atoms with van der Waals surface area (Å²) in [5.41, 5.74) is 0.946. The predicted octanol–water partition coefficient (Wildman–Crippen LogP) is 2.84. The average Bonchev–Trinajstić information content (AvgIpc) is 2.63. The Labute approximate surface area is 145 Å². The van der Waals surface area contributed by atoms with Crippen molar-refractivity contribution < 1.29 is 9.13 Å². The number of nitrogens with zero attached hydrogens (tertiary/aromatic N) is 3. The van der Waals surface area contributed by atoms with Crippen molar-refractivity contribution in [2.45, 2.75) is 18.9 Å². The van der Waals surface area contributed by atoms with Crippen molar-refractivity contribution >= 4 is 36.8 Å². The molecule has 0 spiro atoms. The molecule has 2 radical (unpaired) electrons. The van der Waals surface area contributed by atoms with Gasteiger partial charge in [0.25, 0.3) is 0 Å². The van der Waals surface area contributed by atoms with Gasteiger partial charge >= 0.3 is 0 Å². The van der Waals surface area contributed by atoms with Gasteiger partial charge < -0.3 is 20.6 Å². The summed E-state index contributed by atoms with van der Waals surface area (Å²) in [7, 11) is 5.42. The highest BCUT2D eigenvalue weighted by molar-refractivity contribution is 6.17. The molecule has 10 heteroatoms. The lowest BCUT2D eigenvalue weighted by Crippen LogP contribution is -2.28. The molecule has 0 aliphatic carbocycles. The van der Waals surface area contributed by atoms with Gasteiger partial charge in [-0.05, 0) is 36.2 Å². The summed E-state index contributed by atoms with van der Waals surface area (Å²) in [6, 6.07) is 4.15. The van der Waals surface area contributed by atoms with E-state index in [-0.39, 0.29) is 17.7 Å². The van der Waals surface area contributed by atoms with Crippen LogP contribution in [0.2, 0.25) is 0 Å². The van der Waals surface area contributed by atoms with Gasteiger partial charge in [-0.1, -0.05) is 0 Å². The van der Waals surface area contributed by atoms with E-state index in [1.807, 2.05) is 0 Å². The van der Waals surface area contributed by atoms with E-state index in [2.05, 4.69) is 31.0 Å². The molecule has 0 amide bonds. The van der Waals surface area contributed by atoms with Gasteiger partial charge in [0.05, 0.1) is 11.9 Å². The van der Waals surface area contributed by atoms with E-state index in [4.69, 9.17) is 12.7 Å². The second-order valence-corrected chi connectivity index (χ2v) is 5.51. The quantitative estimate of drug-likeness (QED) is 0.548. The molecule has 0 bridgehead atoms. The molecule has 2 aromatic rings. The number of ether oxygens (including phenoxy) is 1. The molecule has 1 aromatic carbocycles. The summed E-state index contributed by atoms with van der Waals surface area (Å²) >= 11 is 0. The van der Waals surface area contributed by atoms with E-state index in [9.17, 15) is 9.30 Å². The first-order valence-corrected chi connectivity index (χ1v) is 7.77. The fourth-order valence-electron chi connectivity index (χ4n) is 2.51. The first-order chi connectivity index (χ1) is 12.2. The molecule has 128 valence electrons. The summed E-state index contributed by atoms with van der Waals surface area (Å²) in [6.45, 7) is 1.29. The fraction of sp³-hybridized carbons (Fsp3) is 0.333. The van der Waals surface area contributed by atoms with Crippen molar-refractivity contribution in [3.8, 4) is 0 Å². The van der Waals surface area contributed by atoms with Crippen LogP contribution in [0.3, 0.4) is 0 Å². The number of nitrogens with one attached hydrogen (secondary N) is 3. The second-order valence-electron chi connectivity index (χ2n) is 5.51. The number of aromatic nitrogens is 2. The lowest BCUT2D eigenvalue weighted by Gasteiger charge is -2.24. The Morgan fingerprint density at radius 3 is 2.80 bits per heavy atom. The van der Waals surface area contributed by atoms with Gasteiger partial charge in [0, 0.05) is 24.9 Å². The van der Waals surface area contributed by atoms with Gasteiger partial charge in [-0.25, -0.2) is 9.37 Å². The van der Waals surface area contributed by atoms with Gasteiger partial charge in [-0.2, -0.15) is 4.98 Å². The smallest absolute Gasteiger partial charge is 0.229 e. The van der Waals surface area contributed by atoms with E-state index in [0.29, 0.717) is 30.4 Å². The van der Waals surface area contributed by atoms with Crippen molar-refractivity contribution in [3.63, 3.8) is 0 Å². The molecular weight excluding hydrogens is 326 g/mol. The molecule has 1 saturated heterocycles. The molecule has 3 rings (SSSR count). The third kappa shape index (κ3) is 4.21. The largest absolute Gasteiger partial charge is 0.436 e. The minimum Gasteiger partial charge on any atom is -0.436 e. The van der Waals surface area contributed by atoms with Crippen molar-refractivity contribution in [2.75, 3.05) is 29.1 Å². The fourth-order valence-corrected chi connectivity index (χ4v) is 2.51. The van der Waals surface area contributed by atoms with Crippen LogP contribution >= 0.6 is 0 Å². The molecule has 8 nitrogen and oxygen atoms in total. The molecule has 25 heavy (non-hydrogen) atoms. The highest BCUT2D eigenvalue weighted by atomic mass is 19.1. The first-order valence-electron chi connectivity index (χ1n) is 7.77. The molecule has 1 aliphatic heterocycles.